The molecule has 3 heterocycles. The fourth-order valence-corrected chi connectivity index (χ4v) is 14.0. The first kappa shape index (κ1) is 91.7. The number of carbonyl (C=O) groups excluding carboxylic acids is 13. The van der Waals surface area contributed by atoms with E-state index in [0.717, 1.165) is 18.4 Å². The van der Waals surface area contributed by atoms with Crippen LogP contribution in [-0.4, -0.2) is 240 Å². The number of carboxylic acids is 1. The van der Waals surface area contributed by atoms with Gasteiger partial charge in [-0.3, -0.25) is 86.7 Å². The summed E-state index contributed by atoms with van der Waals surface area (Å²) in [5.41, 5.74) is 8.75. The van der Waals surface area contributed by atoms with Crippen LogP contribution >= 0.6 is 0 Å². The number of nitrogens with one attached hydrogen (secondary N) is 8. The van der Waals surface area contributed by atoms with Gasteiger partial charge in [-0.2, -0.15) is 0 Å². The Morgan fingerprint density at radius 2 is 1.17 bits per heavy atom. The number of Topliss-reactive ketones (excluding diaryl/α,β-unsaturated/α-hetero) is 4. The van der Waals surface area contributed by atoms with E-state index in [-0.39, 0.29) is 114 Å². The maximum Gasteiger partial charge on any atom is 0.317 e. The van der Waals surface area contributed by atoms with Gasteiger partial charge in [0.2, 0.25) is 41.4 Å². The minimum atomic E-state index is -1.27. The molecular weight excluding hydrogens is 1460 g/mol. The molecule has 113 heavy (non-hydrogen) atoms. The van der Waals surface area contributed by atoms with Crippen LogP contribution in [0.25, 0.3) is 0 Å². The van der Waals surface area contributed by atoms with Crippen molar-refractivity contribution in [2.75, 3.05) is 97.4 Å². The Bertz CT molecular complexity index is 3710. The molecule has 8 atom stereocenters. The Labute approximate surface area is 661 Å². The predicted molar refractivity (Wildman–Crippen MR) is 418 cm³/mol. The zero-order chi connectivity index (χ0) is 82.4. The number of aromatic nitrogens is 2. The van der Waals surface area contributed by atoms with Gasteiger partial charge in [-0.05, 0) is 90.8 Å². The number of H-pyrrole nitrogens is 1. The third kappa shape index (κ3) is 34.4. The molecule has 2 unspecified atom stereocenters. The number of aliphatic carboxylic acids is 1. The van der Waals surface area contributed by atoms with Gasteiger partial charge in [0.25, 0.3) is 12.9 Å². The van der Waals surface area contributed by atoms with Crippen LogP contribution in [0.5, 0.6) is 0 Å². The van der Waals surface area contributed by atoms with Crippen molar-refractivity contribution in [1.29, 1.82) is 0 Å². The second-order valence-electron chi connectivity index (χ2n) is 30.6. The number of benzene rings is 2. The number of hydrogen-bond acceptors (Lipinski definition) is 23. The quantitative estimate of drug-likeness (QED) is 0.0363. The molecule has 0 spiro atoms. The second kappa shape index (κ2) is 48.7. The number of ketones is 4. The molecule has 2 aliphatic heterocycles. The largest absolute Gasteiger partial charge is 0.480 e. The Hall–Kier alpha value is -10.1. The molecule has 0 radical (unpaired) electrons. The summed E-state index contributed by atoms with van der Waals surface area (Å²) in [4.78, 5) is 201. The van der Waals surface area contributed by atoms with Crippen molar-refractivity contribution >= 4 is 89.1 Å². The Morgan fingerprint density at radius 1 is 0.593 bits per heavy atom. The normalized spacial score (nSPS) is 17.3. The molecule has 1 aromatic heterocycles. The number of amides is 7. The lowest BCUT2D eigenvalue weighted by atomic mass is 9.84. The number of hydrogen-bond donors (Lipinski definition) is 10. The summed E-state index contributed by atoms with van der Waals surface area (Å²) < 4.78 is 15.5. The number of ether oxygens (including phenoxy) is 3. The summed E-state index contributed by atoms with van der Waals surface area (Å²) in [6.07, 6.45) is 12.6. The summed E-state index contributed by atoms with van der Waals surface area (Å²) in [5, 5.41) is 29.7. The van der Waals surface area contributed by atoms with Crippen molar-refractivity contribution in [2.24, 2.45) is 47.2 Å². The zero-order valence-electron chi connectivity index (χ0n) is 66.1. The Kier molecular flexibility index (Phi) is 39.5. The highest BCUT2D eigenvalue weighted by Gasteiger charge is 2.37. The van der Waals surface area contributed by atoms with Crippen molar-refractivity contribution < 1.29 is 86.4 Å². The van der Waals surface area contributed by atoms with Gasteiger partial charge in [0, 0.05) is 139 Å². The lowest BCUT2D eigenvalue weighted by Crippen LogP contribution is -2.49. The molecule has 6 rings (SSSR count). The van der Waals surface area contributed by atoms with Crippen LogP contribution in [-0.2, 0) is 101 Å². The topological polar surface area (TPSA) is 439 Å². The zero-order valence-corrected chi connectivity index (χ0v) is 66.1. The SMILES string of the molecule is CC(C)CC(CC(=O)[C@H](Cc1cnc[nH]1)NC(=O)CCC(=O)[C@@H](NC(=O)[C@@H](C)CC(=O)[C@H](CC1=CNC2C=CC=CC12)NC(=O)[C@@H](CCC(N)=O)CC(=O)[C@H](Cc1ccccc1)NC(=O)COCC(=O)Nc1ccc(CNC(=O)CN2CCN(COC=O)CCN(COC=O)CCN(CC(=O)O)CC2)cc1)C(C)C)CC(C)C. The number of primary amides is 1. The highest BCUT2D eigenvalue weighted by Crippen LogP contribution is 2.31. The first-order valence-corrected chi connectivity index (χ1v) is 38.9. The van der Waals surface area contributed by atoms with Crippen molar-refractivity contribution in [1.82, 2.24) is 61.5 Å². The molecule has 3 aliphatic rings. The van der Waals surface area contributed by atoms with Gasteiger partial charge in [0.1, 0.15) is 26.7 Å². The summed E-state index contributed by atoms with van der Waals surface area (Å²) in [6.45, 7) is 15.6. The van der Waals surface area contributed by atoms with E-state index >= 15 is 0 Å². The number of nitrogens with zero attached hydrogens (tertiary/aromatic N) is 5. The van der Waals surface area contributed by atoms with Crippen LogP contribution < -0.4 is 43.0 Å². The average molecular weight is 1570 g/mol. The monoisotopic (exact) mass is 1570 g/mol. The van der Waals surface area contributed by atoms with Crippen LogP contribution in [0.1, 0.15) is 129 Å². The van der Waals surface area contributed by atoms with Gasteiger partial charge >= 0.3 is 5.97 Å². The van der Waals surface area contributed by atoms with Gasteiger partial charge in [0.15, 0.2) is 23.1 Å². The maximum atomic E-state index is 14.8. The number of anilines is 1. The minimum absolute atomic E-state index is 0.00704. The van der Waals surface area contributed by atoms with E-state index in [1.54, 1.807) is 85.7 Å². The van der Waals surface area contributed by atoms with Crippen LogP contribution in [0.4, 0.5) is 5.69 Å². The second-order valence-corrected chi connectivity index (χ2v) is 30.6. The molecular formula is C81H116N14O18. The van der Waals surface area contributed by atoms with E-state index in [9.17, 15) is 72.2 Å². The number of imidazole rings is 1. The lowest BCUT2D eigenvalue weighted by molar-refractivity contribution is -0.139. The van der Waals surface area contributed by atoms with E-state index < -0.39 is 127 Å². The lowest BCUT2D eigenvalue weighted by Gasteiger charge is -2.33. The molecule has 2 aromatic carbocycles. The molecule has 3 aromatic rings. The number of carbonyl (C=O) groups is 14. The maximum absolute atomic E-state index is 14.8. The van der Waals surface area contributed by atoms with Gasteiger partial charge in [-0.1, -0.05) is 115 Å². The fraction of sp³-hybridized carbons (Fsp3) is 0.568. The van der Waals surface area contributed by atoms with Crippen LogP contribution in [0.2, 0.25) is 0 Å². The number of aromatic amines is 1. The first-order valence-electron chi connectivity index (χ1n) is 38.9. The van der Waals surface area contributed by atoms with Crippen molar-refractivity contribution in [3.8, 4) is 0 Å². The predicted octanol–water partition coefficient (Wildman–Crippen LogP) is 3.07. The summed E-state index contributed by atoms with van der Waals surface area (Å²) in [6, 6.07) is 10.7. The molecule has 0 bridgehead atoms. The molecule has 11 N–H and O–H groups in total. The molecule has 618 valence electrons. The molecule has 0 saturated carbocycles. The Balaban J connectivity index is 1.05. The van der Waals surface area contributed by atoms with E-state index in [1.165, 1.54) is 13.3 Å². The van der Waals surface area contributed by atoms with Crippen molar-refractivity contribution in [3.05, 3.63) is 120 Å². The molecule has 1 fully saturated rings. The molecule has 7 amide bonds. The number of allylic oxidation sites excluding steroid dienone is 2. The van der Waals surface area contributed by atoms with E-state index in [2.05, 4.69) is 74.9 Å². The standard InChI is InChI=1S/C81H116N14O18/c1-53(2)33-59(34-54(3)4)37-71(100)68(40-63-43-83-48-86-63)88-74(103)24-22-69(98)79(55(5)6)91-80(109)56(7)35-70(99)67(38-61-42-84-65-16-12-11-15-64(61)65)90-81(110)60(19-23-73(82)102)39-72(101)66(36-57-13-9-8-10-14-57)89-77(106)47-111-46-76(105)87-62-20-17-58(18-21-62)41-85-75(104)44-92-25-26-93(45-78(107)108)28-30-95(50-113-52-97)32-31-94(29-27-92)49-112-51-96/h8-18,20-21,42-43,48,51-56,59-60,64-68,79,84H,19,22-41,44-47,49-50H2,1-7H3,(H2,82,102)(H,83,86)(H,85,104)(H,87,105)(H,88,103)(H,89,106)(H,90,110)(H,91,109)(H,107,108)/t56-,60-,64?,65?,66-,67-,68-,79-/m0/s1. The first-order chi connectivity index (χ1) is 54.0. The van der Waals surface area contributed by atoms with Crippen molar-refractivity contribution in [3.63, 3.8) is 0 Å². The molecule has 1 aliphatic carbocycles. The molecule has 1 saturated heterocycles. The average Bonchev–Trinajstić information content (AvgIpc) is 1.36. The highest BCUT2D eigenvalue weighted by atomic mass is 16.5. The molecule has 32 nitrogen and oxygen atoms in total. The third-order valence-electron chi connectivity index (χ3n) is 19.9. The fourth-order valence-electron chi connectivity index (χ4n) is 14.0. The van der Waals surface area contributed by atoms with E-state index in [1.807, 2.05) is 39.0 Å². The van der Waals surface area contributed by atoms with E-state index in [4.69, 9.17) is 19.9 Å². The van der Waals surface area contributed by atoms with Crippen molar-refractivity contribution in [2.45, 2.75) is 162 Å². The van der Waals surface area contributed by atoms with Crippen LogP contribution in [0.15, 0.2) is 103 Å². The summed E-state index contributed by atoms with van der Waals surface area (Å²) >= 11 is 0. The van der Waals surface area contributed by atoms with Crippen LogP contribution in [0, 0.1) is 41.4 Å². The third-order valence-corrected chi connectivity index (χ3v) is 19.9. The number of fused-ring (bicyclic) bond motifs is 1. The number of carboxylic acid groups (broad SMARTS) is 1. The minimum Gasteiger partial charge on any atom is -0.480 e. The van der Waals surface area contributed by atoms with E-state index in [0.29, 0.717) is 99.6 Å². The highest BCUT2D eigenvalue weighted by molar-refractivity contribution is 5.98. The van der Waals surface area contributed by atoms with Crippen LogP contribution in [0.3, 0.4) is 0 Å². The van der Waals surface area contributed by atoms with Gasteiger partial charge in [0.05, 0.1) is 49.6 Å². The molecule has 32 heteroatoms. The summed E-state index contributed by atoms with van der Waals surface area (Å²) in [7, 11) is 0. The number of nitrogens with two attached hydrogens (primary N) is 1. The smallest absolute Gasteiger partial charge is 0.317 e. The Morgan fingerprint density at radius 3 is 1.76 bits per heavy atom. The van der Waals surface area contributed by atoms with Gasteiger partial charge < -0.3 is 67.3 Å². The number of rotatable bonds is 50. The van der Waals surface area contributed by atoms with Gasteiger partial charge in [-0.25, -0.2) is 4.98 Å². The van der Waals surface area contributed by atoms with Gasteiger partial charge in [-0.15, -0.1) is 0 Å². The summed E-state index contributed by atoms with van der Waals surface area (Å²) in [5.74, 6) is -9.24.